The molecule has 1 nitrogen and oxygen atoms in total. The zero-order chi connectivity index (χ0) is 13.9. The fourth-order valence-corrected chi connectivity index (χ4v) is 2.25. The second kappa shape index (κ2) is 5.95. The topological polar surface area (TPSA) is 12.0 Å². The second-order valence-electron chi connectivity index (χ2n) is 5.81. The van der Waals surface area contributed by atoms with E-state index in [0.29, 0.717) is 0 Å². The smallest absolute Gasteiger partial charge is 0.0400 e. The van der Waals surface area contributed by atoms with Crippen molar-refractivity contribution < 1.29 is 0 Å². The van der Waals surface area contributed by atoms with Crippen LogP contribution < -0.4 is 5.32 Å². The van der Waals surface area contributed by atoms with E-state index in [1.165, 1.54) is 20.4 Å². The van der Waals surface area contributed by atoms with Crippen LogP contribution in [0.4, 0.5) is 5.69 Å². The SMILES string of the molecule is CC(C)(C)c1ccc(NCc2ccc(I)cc2)cc1. The molecule has 0 saturated carbocycles. The Balaban J connectivity index is 1.98. The predicted octanol–water partition coefficient (Wildman–Crippen LogP) is 5.20. The number of anilines is 1. The molecule has 2 rings (SSSR count). The number of rotatable bonds is 3. The predicted molar refractivity (Wildman–Crippen MR) is 91.6 cm³/mol. The lowest BCUT2D eigenvalue weighted by Gasteiger charge is -2.19. The monoisotopic (exact) mass is 365 g/mol. The van der Waals surface area contributed by atoms with Crippen molar-refractivity contribution in [1.82, 2.24) is 0 Å². The maximum Gasteiger partial charge on any atom is 0.0400 e. The second-order valence-corrected chi connectivity index (χ2v) is 7.05. The van der Waals surface area contributed by atoms with Crippen LogP contribution in [-0.4, -0.2) is 0 Å². The first-order valence-electron chi connectivity index (χ1n) is 6.54. The molecule has 0 bridgehead atoms. The van der Waals surface area contributed by atoms with Gasteiger partial charge in [0.05, 0.1) is 0 Å². The molecule has 2 aromatic carbocycles. The molecule has 1 N–H and O–H groups in total. The van der Waals surface area contributed by atoms with E-state index in [2.05, 4.69) is 97.2 Å². The Kier molecular flexibility index (Phi) is 4.50. The van der Waals surface area contributed by atoms with E-state index in [4.69, 9.17) is 0 Å². The van der Waals surface area contributed by atoms with Gasteiger partial charge in [0.15, 0.2) is 0 Å². The molecule has 0 aliphatic carbocycles. The number of nitrogens with one attached hydrogen (secondary N) is 1. The van der Waals surface area contributed by atoms with Crippen LogP contribution >= 0.6 is 22.6 Å². The van der Waals surface area contributed by atoms with E-state index in [0.717, 1.165) is 6.54 Å². The maximum atomic E-state index is 3.46. The summed E-state index contributed by atoms with van der Waals surface area (Å²) in [5.74, 6) is 0. The Hall–Kier alpha value is -1.03. The number of hydrogen-bond donors (Lipinski definition) is 1. The molecule has 100 valence electrons. The first kappa shape index (κ1) is 14.4. The quantitative estimate of drug-likeness (QED) is 0.737. The first-order valence-corrected chi connectivity index (χ1v) is 7.62. The first-order chi connectivity index (χ1) is 8.95. The van der Waals surface area contributed by atoms with Gasteiger partial charge in [0.25, 0.3) is 0 Å². The van der Waals surface area contributed by atoms with Crippen LogP contribution in [0.15, 0.2) is 48.5 Å². The third kappa shape index (κ3) is 4.23. The van der Waals surface area contributed by atoms with Crippen LogP contribution in [0, 0.1) is 3.57 Å². The molecule has 19 heavy (non-hydrogen) atoms. The van der Waals surface area contributed by atoms with Gasteiger partial charge < -0.3 is 5.32 Å². The van der Waals surface area contributed by atoms with E-state index in [1.807, 2.05) is 0 Å². The molecule has 0 aromatic heterocycles. The molecule has 2 aromatic rings. The summed E-state index contributed by atoms with van der Waals surface area (Å²) >= 11 is 2.33. The van der Waals surface area contributed by atoms with Crippen LogP contribution in [0.3, 0.4) is 0 Å². The zero-order valence-electron chi connectivity index (χ0n) is 11.7. The van der Waals surface area contributed by atoms with Crippen molar-refractivity contribution in [2.24, 2.45) is 0 Å². The van der Waals surface area contributed by atoms with Gasteiger partial charge >= 0.3 is 0 Å². The Bertz CT molecular complexity index is 521. The normalized spacial score (nSPS) is 11.4. The van der Waals surface area contributed by atoms with Crippen molar-refractivity contribution in [2.75, 3.05) is 5.32 Å². The van der Waals surface area contributed by atoms with Crippen LogP contribution in [0.2, 0.25) is 0 Å². The highest BCUT2D eigenvalue weighted by Gasteiger charge is 2.12. The molecule has 0 amide bonds. The molecule has 0 atom stereocenters. The summed E-state index contributed by atoms with van der Waals surface area (Å²) < 4.78 is 1.27. The molecule has 0 aliphatic heterocycles. The van der Waals surface area contributed by atoms with Gasteiger partial charge in [-0.3, -0.25) is 0 Å². The summed E-state index contributed by atoms with van der Waals surface area (Å²) in [6.07, 6.45) is 0. The average Bonchev–Trinajstić information content (AvgIpc) is 2.37. The van der Waals surface area contributed by atoms with Crippen molar-refractivity contribution in [3.63, 3.8) is 0 Å². The van der Waals surface area contributed by atoms with Gasteiger partial charge in [0.1, 0.15) is 0 Å². The third-order valence-corrected chi connectivity index (χ3v) is 3.88. The molecule has 0 saturated heterocycles. The highest BCUT2D eigenvalue weighted by Crippen LogP contribution is 2.23. The highest BCUT2D eigenvalue weighted by atomic mass is 127. The Morgan fingerprint density at radius 2 is 1.47 bits per heavy atom. The van der Waals surface area contributed by atoms with Crippen LogP contribution in [0.1, 0.15) is 31.9 Å². The van der Waals surface area contributed by atoms with E-state index in [1.54, 1.807) is 0 Å². The van der Waals surface area contributed by atoms with E-state index < -0.39 is 0 Å². The van der Waals surface area contributed by atoms with Crippen molar-refractivity contribution in [2.45, 2.75) is 32.7 Å². The third-order valence-electron chi connectivity index (χ3n) is 3.16. The van der Waals surface area contributed by atoms with Gasteiger partial charge in [-0.1, -0.05) is 45.0 Å². The lowest BCUT2D eigenvalue weighted by molar-refractivity contribution is 0.590. The largest absolute Gasteiger partial charge is 0.381 e. The molecule has 0 fully saturated rings. The minimum atomic E-state index is 0.217. The Morgan fingerprint density at radius 1 is 0.895 bits per heavy atom. The standard InChI is InChI=1S/C17H20IN/c1-17(2,3)14-6-10-16(11-7-14)19-12-13-4-8-15(18)9-5-13/h4-11,19H,12H2,1-3H3. The van der Waals surface area contributed by atoms with Crippen LogP contribution in [0.25, 0.3) is 0 Å². The minimum absolute atomic E-state index is 0.217. The molecule has 0 heterocycles. The number of halogens is 1. The van der Waals surface area contributed by atoms with E-state index in [-0.39, 0.29) is 5.41 Å². The average molecular weight is 365 g/mol. The summed E-state index contributed by atoms with van der Waals surface area (Å²) in [5, 5.41) is 3.46. The summed E-state index contributed by atoms with van der Waals surface area (Å²) in [5.41, 5.74) is 4.06. The number of hydrogen-bond acceptors (Lipinski definition) is 1. The van der Waals surface area contributed by atoms with Gasteiger partial charge in [-0.2, -0.15) is 0 Å². The van der Waals surface area contributed by atoms with Crippen LogP contribution in [-0.2, 0) is 12.0 Å². The van der Waals surface area contributed by atoms with Crippen molar-refractivity contribution in [3.8, 4) is 0 Å². The summed E-state index contributed by atoms with van der Waals surface area (Å²) in [6.45, 7) is 7.58. The maximum absolute atomic E-state index is 3.46. The molecule has 2 heteroatoms. The molecule has 0 aliphatic rings. The van der Waals surface area contributed by atoms with Gasteiger partial charge in [0.2, 0.25) is 0 Å². The van der Waals surface area contributed by atoms with Crippen molar-refractivity contribution in [1.29, 1.82) is 0 Å². The Morgan fingerprint density at radius 3 is 2.00 bits per heavy atom. The van der Waals surface area contributed by atoms with E-state index >= 15 is 0 Å². The van der Waals surface area contributed by atoms with Crippen LogP contribution in [0.5, 0.6) is 0 Å². The van der Waals surface area contributed by atoms with Gasteiger partial charge in [0, 0.05) is 15.8 Å². The summed E-state index contributed by atoms with van der Waals surface area (Å²) in [4.78, 5) is 0. The number of benzene rings is 2. The molecule has 0 unspecified atom stereocenters. The fourth-order valence-electron chi connectivity index (χ4n) is 1.89. The minimum Gasteiger partial charge on any atom is -0.381 e. The summed E-state index contributed by atoms with van der Waals surface area (Å²) in [6, 6.07) is 17.3. The lowest BCUT2D eigenvalue weighted by Crippen LogP contribution is -2.10. The molecule has 0 radical (unpaired) electrons. The highest BCUT2D eigenvalue weighted by molar-refractivity contribution is 14.1. The molecular weight excluding hydrogens is 345 g/mol. The summed E-state index contributed by atoms with van der Waals surface area (Å²) in [7, 11) is 0. The van der Waals surface area contributed by atoms with Gasteiger partial charge in [-0.15, -0.1) is 0 Å². The Labute approximate surface area is 129 Å². The molecular formula is C17H20IN. The molecule has 0 spiro atoms. The van der Waals surface area contributed by atoms with Crippen molar-refractivity contribution >= 4 is 28.3 Å². The van der Waals surface area contributed by atoms with Crippen molar-refractivity contribution in [3.05, 3.63) is 63.2 Å². The van der Waals surface area contributed by atoms with E-state index in [9.17, 15) is 0 Å². The van der Waals surface area contributed by atoms with Gasteiger partial charge in [-0.25, -0.2) is 0 Å². The zero-order valence-corrected chi connectivity index (χ0v) is 13.9. The lowest BCUT2D eigenvalue weighted by atomic mass is 9.87. The van der Waals surface area contributed by atoms with Gasteiger partial charge in [-0.05, 0) is 63.4 Å². The fraction of sp³-hybridized carbons (Fsp3) is 0.294.